The Morgan fingerprint density at radius 3 is 2.54 bits per heavy atom. The Bertz CT molecular complexity index is 1430. The molecular weight excluding hydrogens is 530 g/mol. The number of benzene rings is 3. The lowest BCUT2D eigenvalue weighted by Crippen LogP contribution is -2.46. The first-order chi connectivity index (χ1) is 19.9. The van der Waals surface area contributed by atoms with Crippen molar-refractivity contribution in [1.29, 1.82) is 0 Å². The van der Waals surface area contributed by atoms with Crippen molar-refractivity contribution in [2.45, 2.75) is 12.5 Å². The highest BCUT2D eigenvalue weighted by atomic mass is 19.1. The van der Waals surface area contributed by atoms with Crippen molar-refractivity contribution in [2.24, 2.45) is 5.10 Å². The summed E-state index contributed by atoms with van der Waals surface area (Å²) in [6.07, 6.45) is 0.263. The molecule has 0 N–H and O–H groups in total. The largest absolute Gasteiger partial charge is 0.496 e. The summed E-state index contributed by atoms with van der Waals surface area (Å²) in [7, 11) is 1.55. The molecule has 0 radical (unpaired) electrons. The number of carbonyl (C=O) groups is 2. The number of ether oxygens (including phenoxy) is 2. The maximum absolute atomic E-state index is 14.8. The molecule has 1 fully saturated rings. The number of para-hydroxylation sites is 1. The fraction of sp³-hybridized carbons (Fsp3) is 0.323. The molecular formula is C31H32F2N4O4. The summed E-state index contributed by atoms with van der Waals surface area (Å²) in [5, 5.41) is 5.90. The Balaban J connectivity index is 1.45. The van der Waals surface area contributed by atoms with Crippen molar-refractivity contribution >= 4 is 17.5 Å². The topological polar surface area (TPSA) is 74.7 Å². The van der Waals surface area contributed by atoms with Crippen LogP contribution in [0, 0.1) is 11.6 Å². The second-order valence-corrected chi connectivity index (χ2v) is 9.92. The van der Waals surface area contributed by atoms with Crippen LogP contribution in [0.2, 0.25) is 0 Å². The van der Waals surface area contributed by atoms with Crippen molar-refractivity contribution in [3.05, 3.63) is 101 Å². The van der Waals surface area contributed by atoms with Gasteiger partial charge in [0.25, 0.3) is 11.8 Å². The minimum Gasteiger partial charge on any atom is -0.496 e. The molecule has 0 aromatic heterocycles. The number of methoxy groups -OCH3 is 1. The molecule has 1 saturated heterocycles. The van der Waals surface area contributed by atoms with Gasteiger partial charge in [-0.2, -0.15) is 5.10 Å². The molecule has 2 amide bonds. The average Bonchev–Trinajstić information content (AvgIpc) is 3.45. The summed E-state index contributed by atoms with van der Waals surface area (Å²) >= 11 is 0. The van der Waals surface area contributed by atoms with E-state index < -0.39 is 29.5 Å². The third kappa shape index (κ3) is 6.61. The first-order valence-electron chi connectivity index (χ1n) is 13.6. The fourth-order valence-electron chi connectivity index (χ4n) is 5.16. The highest BCUT2D eigenvalue weighted by Gasteiger charge is 2.36. The zero-order valence-corrected chi connectivity index (χ0v) is 22.8. The van der Waals surface area contributed by atoms with Gasteiger partial charge >= 0.3 is 0 Å². The normalized spacial score (nSPS) is 17.3. The molecule has 41 heavy (non-hydrogen) atoms. The molecule has 0 spiro atoms. The van der Waals surface area contributed by atoms with Gasteiger partial charge in [0, 0.05) is 49.3 Å². The van der Waals surface area contributed by atoms with Gasteiger partial charge in [-0.1, -0.05) is 42.5 Å². The van der Waals surface area contributed by atoms with Crippen LogP contribution in [-0.2, 0) is 9.53 Å². The van der Waals surface area contributed by atoms with E-state index in [0.29, 0.717) is 49.9 Å². The van der Waals surface area contributed by atoms with Crippen molar-refractivity contribution in [1.82, 2.24) is 14.8 Å². The van der Waals surface area contributed by atoms with Crippen molar-refractivity contribution in [3.63, 3.8) is 0 Å². The summed E-state index contributed by atoms with van der Waals surface area (Å²) in [5.41, 5.74) is 1.60. The van der Waals surface area contributed by atoms with Gasteiger partial charge in [-0.3, -0.25) is 14.5 Å². The lowest BCUT2D eigenvalue weighted by atomic mass is 9.97. The van der Waals surface area contributed by atoms with Gasteiger partial charge in [0.15, 0.2) is 0 Å². The van der Waals surface area contributed by atoms with Gasteiger partial charge in [0.2, 0.25) is 0 Å². The highest BCUT2D eigenvalue weighted by molar-refractivity contribution is 6.04. The van der Waals surface area contributed by atoms with Crippen LogP contribution in [0.25, 0.3) is 0 Å². The molecule has 0 unspecified atom stereocenters. The zero-order valence-electron chi connectivity index (χ0n) is 22.8. The Morgan fingerprint density at radius 2 is 1.78 bits per heavy atom. The number of morpholine rings is 1. The Labute approximate surface area is 237 Å². The molecule has 10 heteroatoms. The lowest BCUT2D eigenvalue weighted by molar-refractivity contribution is -0.133. The maximum Gasteiger partial charge on any atom is 0.262 e. The van der Waals surface area contributed by atoms with Crippen molar-refractivity contribution in [2.75, 3.05) is 53.0 Å². The van der Waals surface area contributed by atoms with E-state index in [9.17, 15) is 18.4 Å². The van der Waals surface area contributed by atoms with Gasteiger partial charge in [-0.15, -0.1) is 0 Å². The smallest absolute Gasteiger partial charge is 0.262 e. The van der Waals surface area contributed by atoms with Crippen LogP contribution in [0.3, 0.4) is 0 Å². The molecule has 8 nitrogen and oxygen atoms in total. The average molecular weight is 563 g/mol. The minimum absolute atomic E-state index is 0.151. The van der Waals surface area contributed by atoms with E-state index in [1.54, 1.807) is 31.4 Å². The molecule has 3 aromatic carbocycles. The molecule has 2 aliphatic rings. The van der Waals surface area contributed by atoms with Crippen LogP contribution in [-0.4, -0.2) is 85.4 Å². The van der Waals surface area contributed by atoms with Gasteiger partial charge in [-0.25, -0.2) is 13.8 Å². The number of hydrogen-bond donors (Lipinski definition) is 0. The zero-order chi connectivity index (χ0) is 28.8. The summed E-state index contributed by atoms with van der Waals surface area (Å²) in [4.78, 5) is 31.1. The Morgan fingerprint density at radius 1 is 1.02 bits per heavy atom. The number of rotatable bonds is 9. The number of carbonyl (C=O) groups excluding carboxylic acids is 2. The Kier molecular flexibility index (Phi) is 9.01. The number of nitrogens with zero attached hydrogens (tertiary/aromatic N) is 4. The second kappa shape index (κ2) is 13.0. The third-order valence-electron chi connectivity index (χ3n) is 7.32. The van der Waals surface area contributed by atoms with Crippen LogP contribution in [0.1, 0.15) is 33.9 Å². The molecule has 0 aliphatic carbocycles. The van der Waals surface area contributed by atoms with Gasteiger partial charge in [-0.05, 0) is 30.3 Å². The van der Waals surface area contributed by atoms with E-state index in [1.165, 1.54) is 34.2 Å². The fourth-order valence-corrected chi connectivity index (χ4v) is 5.16. The molecule has 2 aliphatic heterocycles. The minimum atomic E-state index is -0.571. The quantitative estimate of drug-likeness (QED) is 0.392. The molecule has 2 heterocycles. The Hall–Kier alpha value is -4.15. The van der Waals surface area contributed by atoms with Crippen LogP contribution < -0.4 is 4.74 Å². The molecule has 3 aromatic rings. The van der Waals surface area contributed by atoms with E-state index >= 15 is 0 Å². The summed E-state index contributed by atoms with van der Waals surface area (Å²) in [6.45, 7) is 3.11. The molecule has 5 rings (SSSR count). The molecule has 0 bridgehead atoms. The van der Waals surface area contributed by atoms with Crippen LogP contribution in [0.15, 0.2) is 77.9 Å². The summed E-state index contributed by atoms with van der Waals surface area (Å²) in [5.74, 6) is -1.31. The van der Waals surface area contributed by atoms with Crippen molar-refractivity contribution in [3.8, 4) is 5.75 Å². The molecule has 214 valence electrons. The van der Waals surface area contributed by atoms with Crippen LogP contribution >= 0.6 is 0 Å². The van der Waals surface area contributed by atoms with E-state index in [4.69, 9.17) is 9.47 Å². The lowest BCUT2D eigenvalue weighted by Gasteiger charge is -2.31. The number of hydrazone groups is 1. The first-order valence-corrected chi connectivity index (χ1v) is 13.6. The SMILES string of the molecule is COc1ccccc1[C@@H]1CC(c2ccccc2F)=NN1C(=O)CN(CCN1CCOCC1)C(=O)c1cccc(F)c1. The molecule has 0 saturated carbocycles. The van der Waals surface area contributed by atoms with Crippen molar-refractivity contribution < 1.29 is 27.8 Å². The van der Waals surface area contributed by atoms with E-state index in [2.05, 4.69) is 10.0 Å². The highest BCUT2D eigenvalue weighted by Crippen LogP contribution is 2.37. The number of amides is 2. The second-order valence-electron chi connectivity index (χ2n) is 9.92. The van der Waals surface area contributed by atoms with Crippen LogP contribution in [0.4, 0.5) is 8.78 Å². The van der Waals surface area contributed by atoms with E-state index in [0.717, 1.165) is 11.6 Å². The van der Waals surface area contributed by atoms with Gasteiger partial charge in [0.1, 0.15) is 23.9 Å². The third-order valence-corrected chi connectivity index (χ3v) is 7.32. The molecule has 1 atom stereocenters. The summed E-state index contributed by atoms with van der Waals surface area (Å²) < 4.78 is 39.7. The number of halogens is 2. The number of hydrogen-bond acceptors (Lipinski definition) is 6. The first kappa shape index (κ1) is 28.4. The standard InChI is InChI=1S/C31H32F2N4O4/c1-40-29-12-5-3-10-25(29)28-20-27(24-9-2-4-11-26(24)33)34-37(28)30(38)21-36(14-13-35-15-17-41-18-16-35)31(39)22-7-6-8-23(32)19-22/h2-12,19,28H,13-18,20-21H2,1H3/t28-/m0/s1. The predicted molar refractivity (Wildman–Crippen MR) is 150 cm³/mol. The maximum atomic E-state index is 14.8. The van der Waals surface area contributed by atoms with Crippen LogP contribution in [0.5, 0.6) is 5.75 Å². The predicted octanol–water partition coefficient (Wildman–Crippen LogP) is 4.13. The monoisotopic (exact) mass is 562 g/mol. The van der Waals surface area contributed by atoms with Gasteiger partial charge in [0.05, 0.1) is 32.1 Å². The van der Waals surface area contributed by atoms with Gasteiger partial charge < -0.3 is 14.4 Å². The van der Waals surface area contributed by atoms with E-state index in [1.807, 2.05) is 18.2 Å². The summed E-state index contributed by atoms with van der Waals surface area (Å²) in [6, 6.07) is 18.4. The van der Waals surface area contributed by atoms with E-state index in [-0.39, 0.29) is 25.1 Å².